The van der Waals surface area contributed by atoms with Crippen molar-refractivity contribution in [3.8, 4) is 0 Å². The van der Waals surface area contributed by atoms with Gasteiger partial charge in [-0.15, -0.1) is 0 Å². The molecule has 1 atom stereocenters. The summed E-state index contributed by atoms with van der Waals surface area (Å²) in [6, 6.07) is 10.2. The number of anilines is 1. The highest BCUT2D eigenvalue weighted by molar-refractivity contribution is 9.10. The number of piperazine rings is 1. The Kier molecular flexibility index (Phi) is 7.68. The molecule has 1 amide bonds. The van der Waals surface area contributed by atoms with Gasteiger partial charge in [0.05, 0.1) is 24.1 Å². The zero-order chi connectivity index (χ0) is 23.4. The van der Waals surface area contributed by atoms with Crippen LogP contribution in [-0.2, 0) is 19.6 Å². The molecule has 33 heavy (non-hydrogen) atoms. The largest absolute Gasteiger partial charge is 0.382 e. The highest BCUT2D eigenvalue weighted by atomic mass is 79.9. The lowest BCUT2D eigenvalue weighted by Gasteiger charge is -2.43. The second kappa shape index (κ2) is 10.5. The van der Waals surface area contributed by atoms with Crippen LogP contribution in [0.4, 0.5) is 5.69 Å². The fourth-order valence-electron chi connectivity index (χ4n) is 4.57. The Morgan fingerprint density at radius 2 is 1.76 bits per heavy atom. The fraction of sp³-hybridized carbons (Fsp3) is 0.478. The van der Waals surface area contributed by atoms with Gasteiger partial charge in [-0.05, 0) is 55.2 Å². The zero-order valence-corrected chi connectivity index (χ0v) is 21.0. The van der Waals surface area contributed by atoms with Crippen LogP contribution in [0.3, 0.4) is 0 Å². The number of pyridine rings is 1. The molecule has 1 aromatic heterocycles. The van der Waals surface area contributed by atoms with E-state index in [1.807, 2.05) is 17.0 Å². The summed E-state index contributed by atoms with van der Waals surface area (Å²) >= 11 is 3.33. The van der Waals surface area contributed by atoms with Gasteiger partial charge in [0.25, 0.3) is 0 Å². The van der Waals surface area contributed by atoms with Gasteiger partial charge in [-0.3, -0.25) is 9.78 Å². The maximum absolute atomic E-state index is 13.2. The highest BCUT2D eigenvalue weighted by Crippen LogP contribution is 2.27. The minimum Gasteiger partial charge on any atom is -0.382 e. The average molecular weight is 537 g/mol. The molecule has 0 radical (unpaired) electrons. The van der Waals surface area contributed by atoms with Gasteiger partial charge in [0.15, 0.2) is 0 Å². The summed E-state index contributed by atoms with van der Waals surface area (Å²) < 4.78 is 33.8. The van der Waals surface area contributed by atoms with Crippen molar-refractivity contribution in [1.29, 1.82) is 0 Å². The van der Waals surface area contributed by atoms with Crippen molar-refractivity contribution in [3.05, 3.63) is 53.3 Å². The molecular weight excluding hydrogens is 508 g/mol. The number of benzene rings is 1. The van der Waals surface area contributed by atoms with Crippen LogP contribution in [0.15, 0.2) is 58.2 Å². The van der Waals surface area contributed by atoms with Crippen molar-refractivity contribution in [1.82, 2.24) is 14.2 Å². The van der Waals surface area contributed by atoms with Crippen LogP contribution < -0.4 is 4.90 Å². The Bertz CT molecular complexity index is 1040. The van der Waals surface area contributed by atoms with E-state index in [9.17, 15) is 13.2 Å². The van der Waals surface area contributed by atoms with E-state index in [-0.39, 0.29) is 29.9 Å². The van der Waals surface area contributed by atoms with Crippen molar-refractivity contribution in [2.24, 2.45) is 5.92 Å². The Morgan fingerprint density at radius 1 is 1.09 bits per heavy atom. The van der Waals surface area contributed by atoms with Crippen molar-refractivity contribution in [2.75, 3.05) is 51.3 Å². The number of nitrogens with zero attached hydrogens (tertiary/aromatic N) is 4. The van der Waals surface area contributed by atoms with Gasteiger partial charge in [0.1, 0.15) is 0 Å². The molecule has 178 valence electrons. The van der Waals surface area contributed by atoms with E-state index >= 15 is 0 Å². The zero-order valence-electron chi connectivity index (χ0n) is 18.6. The number of halogens is 1. The molecule has 0 unspecified atom stereocenters. The summed E-state index contributed by atoms with van der Waals surface area (Å²) in [6.45, 7) is 2.87. The van der Waals surface area contributed by atoms with Gasteiger partial charge in [0.2, 0.25) is 15.9 Å². The maximum atomic E-state index is 13.2. The second-order valence-corrected chi connectivity index (χ2v) is 11.4. The Hall–Kier alpha value is -2.01. The molecule has 0 bridgehead atoms. The van der Waals surface area contributed by atoms with Gasteiger partial charge in [-0.2, -0.15) is 4.31 Å². The SMILES string of the molecule is COC[C@H]1CN(S(=O)(=O)c2ccc(Br)cc2)CC(=O)N1CC1CCN(c2ccncc2)CC1. The molecule has 8 nitrogen and oxygen atoms in total. The van der Waals surface area contributed by atoms with Crippen molar-refractivity contribution in [2.45, 2.75) is 23.8 Å². The van der Waals surface area contributed by atoms with E-state index in [1.165, 1.54) is 9.99 Å². The smallest absolute Gasteiger partial charge is 0.243 e. The predicted molar refractivity (Wildman–Crippen MR) is 129 cm³/mol. The Balaban J connectivity index is 1.41. The number of amides is 1. The third-order valence-corrected chi connectivity index (χ3v) is 8.75. The van der Waals surface area contributed by atoms with E-state index in [0.717, 1.165) is 30.4 Å². The first-order chi connectivity index (χ1) is 15.9. The quantitative estimate of drug-likeness (QED) is 0.540. The number of hydrogen-bond donors (Lipinski definition) is 0. The molecule has 3 heterocycles. The summed E-state index contributed by atoms with van der Waals surface area (Å²) in [6.07, 6.45) is 5.56. The van der Waals surface area contributed by atoms with Crippen LogP contribution in [0, 0.1) is 5.92 Å². The number of aromatic nitrogens is 1. The van der Waals surface area contributed by atoms with Crippen LogP contribution >= 0.6 is 15.9 Å². The number of hydrogen-bond acceptors (Lipinski definition) is 6. The molecule has 0 saturated carbocycles. The minimum absolute atomic E-state index is 0.144. The molecule has 2 aliphatic rings. The molecule has 4 rings (SSSR count). The van der Waals surface area contributed by atoms with Gasteiger partial charge in [-0.1, -0.05) is 15.9 Å². The van der Waals surface area contributed by atoms with E-state index in [2.05, 4.69) is 25.8 Å². The molecule has 0 spiro atoms. The average Bonchev–Trinajstić information content (AvgIpc) is 2.82. The Labute approximate surface area is 203 Å². The molecule has 2 aromatic rings. The number of rotatable bonds is 7. The van der Waals surface area contributed by atoms with Crippen molar-refractivity contribution < 1.29 is 17.9 Å². The summed E-state index contributed by atoms with van der Waals surface area (Å²) in [5.74, 6) is 0.210. The number of ether oxygens (including phenoxy) is 1. The lowest BCUT2D eigenvalue weighted by atomic mass is 9.95. The first-order valence-electron chi connectivity index (χ1n) is 11.1. The number of methoxy groups -OCH3 is 1. The molecule has 10 heteroatoms. The van der Waals surface area contributed by atoms with Gasteiger partial charge >= 0.3 is 0 Å². The molecule has 2 fully saturated rings. The normalized spacial score (nSPS) is 20.9. The number of piperidine rings is 1. The van der Waals surface area contributed by atoms with Crippen molar-refractivity contribution >= 4 is 37.5 Å². The summed E-state index contributed by atoms with van der Waals surface area (Å²) in [5, 5.41) is 0. The van der Waals surface area contributed by atoms with Gasteiger partial charge in [-0.25, -0.2) is 8.42 Å². The molecule has 1 aromatic carbocycles. The molecule has 0 aliphatic carbocycles. The molecule has 2 aliphatic heterocycles. The van der Waals surface area contributed by atoms with Gasteiger partial charge < -0.3 is 14.5 Å². The Morgan fingerprint density at radius 3 is 2.39 bits per heavy atom. The van der Waals surface area contributed by atoms with E-state index in [4.69, 9.17) is 4.74 Å². The number of carbonyl (C=O) groups is 1. The third-order valence-electron chi connectivity index (χ3n) is 6.39. The molecule has 2 saturated heterocycles. The van der Waals surface area contributed by atoms with Crippen LogP contribution in [-0.4, -0.2) is 81.0 Å². The summed E-state index contributed by atoms with van der Waals surface area (Å²) in [4.78, 5) is 21.6. The minimum atomic E-state index is -3.76. The second-order valence-electron chi connectivity index (χ2n) is 8.54. The summed E-state index contributed by atoms with van der Waals surface area (Å²) in [7, 11) is -2.18. The number of sulfonamides is 1. The lowest BCUT2D eigenvalue weighted by molar-refractivity contribution is -0.140. The number of carbonyl (C=O) groups excluding carboxylic acids is 1. The lowest BCUT2D eigenvalue weighted by Crippen LogP contribution is -2.60. The van der Waals surface area contributed by atoms with E-state index < -0.39 is 10.0 Å². The molecular formula is C23H29BrN4O4S. The van der Waals surface area contributed by atoms with E-state index in [0.29, 0.717) is 19.1 Å². The van der Waals surface area contributed by atoms with Gasteiger partial charge in [0, 0.05) is 55.8 Å². The highest BCUT2D eigenvalue weighted by Gasteiger charge is 2.39. The van der Waals surface area contributed by atoms with Crippen LogP contribution in [0.1, 0.15) is 12.8 Å². The van der Waals surface area contributed by atoms with Crippen molar-refractivity contribution in [3.63, 3.8) is 0 Å². The van der Waals surface area contributed by atoms with Crippen LogP contribution in [0.25, 0.3) is 0 Å². The standard InChI is InChI=1S/C23H29BrN4O4S/c1-32-17-21-15-27(33(30,31)22-4-2-19(24)3-5-22)16-23(29)28(21)14-18-8-12-26(13-9-18)20-6-10-25-11-7-20/h2-7,10-11,18,21H,8-9,12-17H2,1H3/t21-/m1/s1. The third kappa shape index (κ3) is 5.56. The predicted octanol–water partition coefficient (Wildman–Crippen LogP) is 2.61. The first kappa shape index (κ1) is 24.1. The molecule has 0 N–H and O–H groups in total. The van der Waals surface area contributed by atoms with Crippen LogP contribution in [0.5, 0.6) is 0 Å². The topological polar surface area (TPSA) is 83.0 Å². The first-order valence-corrected chi connectivity index (χ1v) is 13.3. The van der Waals surface area contributed by atoms with E-state index in [1.54, 1.807) is 43.8 Å². The fourth-order valence-corrected chi connectivity index (χ4v) is 6.27. The van der Waals surface area contributed by atoms with Crippen LogP contribution in [0.2, 0.25) is 0 Å². The monoisotopic (exact) mass is 536 g/mol. The maximum Gasteiger partial charge on any atom is 0.243 e. The summed E-state index contributed by atoms with van der Waals surface area (Å²) in [5.41, 5.74) is 1.17.